The van der Waals surface area contributed by atoms with Gasteiger partial charge < -0.3 is 19.4 Å². The SMILES string of the molecule is Cc1ccc(N2C(=O)CCC(C(=O)NCCCOCc3ccco3)C2c2cccs2)cc1. The number of furan rings is 1. The highest BCUT2D eigenvalue weighted by atomic mass is 32.1. The Morgan fingerprint density at radius 3 is 2.78 bits per heavy atom. The topological polar surface area (TPSA) is 71.8 Å². The van der Waals surface area contributed by atoms with Crippen LogP contribution in [0.2, 0.25) is 0 Å². The van der Waals surface area contributed by atoms with Crippen LogP contribution in [0.25, 0.3) is 0 Å². The van der Waals surface area contributed by atoms with E-state index in [1.54, 1.807) is 17.6 Å². The number of benzene rings is 1. The third kappa shape index (κ3) is 5.29. The van der Waals surface area contributed by atoms with Crippen molar-refractivity contribution < 1.29 is 18.7 Å². The molecule has 1 saturated heterocycles. The molecule has 7 heteroatoms. The number of rotatable bonds is 9. The summed E-state index contributed by atoms with van der Waals surface area (Å²) in [5.41, 5.74) is 1.97. The zero-order chi connectivity index (χ0) is 22.3. The zero-order valence-electron chi connectivity index (χ0n) is 18.2. The van der Waals surface area contributed by atoms with E-state index in [2.05, 4.69) is 5.32 Å². The molecule has 2 atom stereocenters. The van der Waals surface area contributed by atoms with Gasteiger partial charge in [0, 0.05) is 30.1 Å². The van der Waals surface area contributed by atoms with E-state index in [-0.39, 0.29) is 23.8 Å². The molecule has 168 valence electrons. The van der Waals surface area contributed by atoms with Gasteiger partial charge in [-0.2, -0.15) is 0 Å². The molecule has 2 aromatic heterocycles. The summed E-state index contributed by atoms with van der Waals surface area (Å²) < 4.78 is 10.8. The maximum atomic E-state index is 13.2. The second-order valence-corrected chi connectivity index (χ2v) is 8.96. The third-order valence-electron chi connectivity index (χ3n) is 5.67. The van der Waals surface area contributed by atoms with Gasteiger partial charge in [-0.25, -0.2) is 0 Å². The van der Waals surface area contributed by atoms with Gasteiger partial charge in [-0.15, -0.1) is 11.3 Å². The van der Waals surface area contributed by atoms with Gasteiger partial charge in [-0.05, 0) is 55.5 Å². The van der Waals surface area contributed by atoms with Crippen molar-refractivity contribution in [1.29, 1.82) is 0 Å². The number of thiophene rings is 1. The lowest BCUT2D eigenvalue weighted by atomic mass is 9.86. The van der Waals surface area contributed by atoms with Crippen LogP contribution in [0.3, 0.4) is 0 Å². The first-order valence-electron chi connectivity index (χ1n) is 10.9. The molecular weight excluding hydrogens is 424 g/mol. The van der Waals surface area contributed by atoms with E-state index in [9.17, 15) is 9.59 Å². The smallest absolute Gasteiger partial charge is 0.227 e. The van der Waals surface area contributed by atoms with Crippen molar-refractivity contribution >= 4 is 28.8 Å². The first kappa shape index (κ1) is 22.3. The third-order valence-corrected chi connectivity index (χ3v) is 6.61. The van der Waals surface area contributed by atoms with Crippen molar-refractivity contribution in [3.8, 4) is 0 Å². The van der Waals surface area contributed by atoms with Crippen LogP contribution in [0, 0.1) is 12.8 Å². The van der Waals surface area contributed by atoms with Crippen molar-refractivity contribution in [2.45, 2.75) is 38.8 Å². The summed E-state index contributed by atoms with van der Waals surface area (Å²) in [5.74, 6) is 0.536. The lowest BCUT2D eigenvalue weighted by Gasteiger charge is -2.40. The molecule has 2 amide bonds. The Balaban J connectivity index is 1.40. The van der Waals surface area contributed by atoms with Gasteiger partial charge in [0.05, 0.1) is 18.2 Å². The number of anilines is 1. The number of hydrogen-bond acceptors (Lipinski definition) is 5. The molecule has 1 aliphatic rings. The van der Waals surface area contributed by atoms with E-state index in [0.29, 0.717) is 39.0 Å². The molecular formula is C25H28N2O4S. The Morgan fingerprint density at radius 1 is 1.22 bits per heavy atom. The second kappa shape index (κ2) is 10.6. The number of amides is 2. The minimum Gasteiger partial charge on any atom is -0.467 e. The molecule has 1 aromatic carbocycles. The summed E-state index contributed by atoms with van der Waals surface area (Å²) in [7, 11) is 0. The number of nitrogens with one attached hydrogen (secondary N) is 1. The molecule has 2 unspecified atom stereocenters. The molecule has 0 saturated carbocycles. The summed E-state index contributed by atoms with van der Waals surface area (Å²) in [6.45, 7) is 3.52. The first-order chi connectivity index (χ1) is 15.6. The van der Waals surface area contributed by atoms with Gasteiger partial charge in [0.1, 0.15) is 12.4 Å². The first-order valence-corrected chi connectivity index (χ1v) is 11.8. The fourth-order valence-corrected chi connectivity index (χ4v) is 4.93. The van der Waals surface area contributed by atoms with E-state index >= 15 is 0 Å². The summed E-state index contributed by atoms with van der Waals surface area (Å²) >= 11 is 1.59. The second-order valence-electron chi connectivity index (χ2n) is 7.98. The van der Waals surface area contributed by atoms with Gasteiger partial charge >= 0.3 is 0 Å². The Morgan fingerprint density at radius 2 is 2.06 bits per heavy atom. The van der Waals surface area contributed by atoms with Crippen LogP contribution >= 0.6 is 11.3 Å². The number of ether oxygens (including phenoxy) is 1. The van der Waals surface area contributed by atoms with Crippen LogP contribution < -0.4 is 10.2 Å². The van der Waals surface area contributed by atoms with E-state index < -0.39 is 0 Å². The lowest BCUT2D eigenvalue weighted by molar-refractivity contribution is -0.129. The van der Waals surface area contributed by atoms with E-state index in [0.717, 1.165) is 21.9 Å². The van der Waals surface area contributed by atoms with Crippen LogP contribution in [0.15, 0.2) is 64.6 Å². The normalized spacial score (nSPS) is 18.7. The molecule has 1 N–H and O–H groups in total. The van der Waals surface area contributed by atoms with Crippen LogP contribution in [-0.2, 0) is 20.9 Å². The van der Waals surface area contributed by atoms with Gasteiger partial charge in [0.2, 0.25) is 11.8 Å². The number of nitrogens with zero attached hydrogens (tertiary/aromatic N) is 1. The summed E-state index contributed by atoms with van der Waals surface area (Å²) in [6.07, 6.45) is 3.24. The molecule has 6 nitrogen and oxygen atoms in total. The predicted octanol–water partition coefficient (Wildman–Crippen LogP) is 4.86. The fraction of sp³-hybridized carbons (Fsp3) is 0.360. The quantitative estimate of drug-likeness (QED) is 0.471. The molecule has 4 rings (SSSR count). The molecule has 1 fully saturated rings. The van der Waals surface area contributed by atoms with Gasteiger partial charge in [-0.1, -0.05) is 23.8 Å². The predicted molar refractivity (Wildman–Crippen MR) is 124 cm³/mol. The number of carbonyl (C=O) groups is 2. The Hall–Kier alpha value is -2.90. The summed E-state index contributed by atoms with van der Waals surface area (Å²) in [6, 6.07) is 15.3. The molecule has 3 aromatic rings. The Bertz CT molecular complexity index is 999. The van der Waals surface area contributed by atoms with Crippen molar-refractivity contribution in [3.63, 3.8) is 0 Å². The van der Waals surface area contributed by atoms with Gasteiger partial charge in [0.25, 0.3) is 0 Å². The molecule has 3 heterocycles. The maximum Gasteiger partial charge on any atom is 0.227 e. The van der Waals surface area contributed by atoms with Crippen LogP contribution in [-0.4, -0.2) is 25.0 Å². The number of aryl methyl sites for hydroxylation is 1. The average molecular weight is 453 g/mol. The maximum absolute atomic E-state index is 13.2. The Labute approximate surface area is 192 Å². The largest absolute Gasteiger partial charge is 0.467 e. The Kier molecular flexibility index (Phi) is 7.39. The van der Waals surface area contributed by atoms with Crippen LogP contribution in [0.1, 0.15) is 41.5 Å². The number of carbonyl (C=O) groups excluding carboxylic acids is 2. The average Bonchev–Trinajstić information content (AvgIpc) is 3.51. The van der Waals surface area contributed by atoms with Crippen LogP contribution in [0.5, 0.6) is 0 Å². The van der Waals surface area contributed by atoms with Gasteiger partial charge in [-0.3, -0.25) is 9.59 Å². The zero-order valence-corrected chi connectivity index (χ0v) is 19.0. The minimum absolute atomic E-state index is 0.0148. The molecule has 0 bridgehead atoms. The van der Waals surface area contributed by atoms with Crippen molar-refractivity contribution in [3.05, 3.63) is 76.4 Å². The highest BCUT2D eigenvalue weighted by molar-refractivity contribution is 7.10. The molecule has 0 spiro atoms. The molecule has 32 heavy (non-hydrogen) atoms. The summed E-state index contributed by atoms with van der Waals surface area (Å²) in [5, 5.41) is 5.05. The van der Waals surface area contributed by atoms with Crippen molar-refractivity contribution in [2.24, 2.45) is 5.92 Å². The van der Waals surface area contributed by atoms with Crippen molar-refractivity contribution in [1.82, 2.24) is 5.32 Å². The minimum atomic E-state index is -0.297. The molecule has 0 aliphatic carbocycles. The fourth-order valence-electron chi connectivity index (χ4n) is 4.05. The molecule has 0 radical (unpaired) electrons. The number of piperidine rings is 1. The summed E-state index contributed by atoms with van der Waals surface area (Å²) in [4.78, 5) is 29.0. The van der Waals surface area contributed by atoms with Gasteiger partial charge in [0.15, 0.2) is 0 Å². The highest BCUT2D eigenvalue weighted by Crippen LogP contribution is 2.41. The number of hydrogen-bond donors (Lipinski definition) is 1. The standard InChI is InChI=1S/C25H28N2O4S/c1-18-7-9-19(10-8-18)27-23(28)12-11-21(24(27)22-6-3-16-32-22)25(29)26-13-4-14-30-17-20-5-2-15-31-20/h2-3,5-10,15-16,21,24H,4,11-14,17H2,1H3,(H,26,29). The lowest BCUT2D eigenvalue weighted by Crippen LogP contribution is -2.48. The van der Waals surface area contributed by atoms with E-state index in [1.165, 1.54) is 0 Å². The molecule has 1 aliphatic heterocycles. The van der Waals surface area contributed by atoms with Crippen LogP contribution in [0.4, 0.5) is 5.69 Å². The van der Waals surface area contributed by atoms with Crippen molar-refractivity contribution in [2.75, 3.05) is 18.1 Å². The monoisotopic (exact) mass is 452 g/mol. The van der Waals surface area contributed by atoms with E-state index in [4.69, 9.17) is 9.15 Å². The van der Waals surface area contributed by atoms with E-state index in [1.807, 2.05) is 65.7 Å². The highest BCUT2D eigenvalue weighted by Gasteiger charge is 2.41.